The van der Waals surface area contributed by atoms with Crippen LogP contribution in [0, 0.1) is 0 Å². The zero-order valence-electron chi connectivity index (χ0n) is 7.33. The summed E-state index contributed by atoms with van der Waals surface area (Å²) in [6.45, 7) is 2.19. The van der Waals surface area contributed by atoms with Gasteiger partial charge in [-0.25, -0.2) is 9.97 Å². The lowest BCUT2D eigenvalue weighted by molar-refractivity contribution is 0.453. The van der Waals surface area contributed by atoms with Gasteiger partial charge in [0.05, 0.1) is 0 Å². The predicted molar refractivity (Wildman–Crippen MR) is 54.6 cm³/mol. The summed E-state index contributed by atoms with van der Waals surface area (Å²) in [5.41, 5.74) is 1.15. The molecule has 0 radical (unpaired) electrons. The molecule has 0 saturated carbocycles. The smallest absolute Gasteiger partial charge is 0.196 e. The topological polar surface area (TPSA) is 37.8 Å². The zero-order chi connectivity index (χ0) is 9.10. The zero-order valence-corrected chi connectivity index (χ0v) is 8.92. The molecule has 1 aromatic rings. The molecule has 0 amide bonds. The van der Waals surface area contributed by atoms with E-state index >= 15 is 0 Å². The highest BCUT2D eigenvalue weighted by Crippen LogP contribution is 2.21. The lowest BCUT2D eigenvalue weighted by Gasteiger charge is -2.21. The van der Waals surface area contributed by atoms with Gasteiger partial charge in [-0.15, -0.1) is 0 Å². The lowest BCUT2D eigenvalue weighted by Crippen LogP contribution is -2.28. The molecule has 1 aromatic heterocycles. The average molecular weight is 242 g/mol. The Labute approximate surface area is 86.1 Å². The summed E-state index contributed by atoms with van der Waals surface area (Å²) < 4.78 is 0.690. The van der Waals surface area contributed by atoms with Gasteiger partial charge in [0.15, 0.2) is 4.73 Å². The van der Waals surface area contributed by atoms with Crippen LogP contribution in [0.1, 0.15) is 24.5 Å². The Morgan fingerprint density at radius 1 is 1.54 bits per heavy atom. The van der Waals surface area contributed by atoms with Crippen molar-refractivity contribution < 1.29 is 0 Å². The maximum absolute atomic E-state index is 4.36. The average Bonchev–Trinajstić information content (AvgIpc) is 2.19. The Kier molecular flexibility index (Phi) is 2.90. The van der Waals surface area contributed by atoms with Crippen LogP contribution in [0.4, 0.5) is 0 Å². The van der Waals surface area contributed by atoms with E-state index in [9.17, 15) is 0 Å². The van der Waals surface area contributed by atoms with Gasteiger partial charge >= 0.3 is 0 Å². The molecule has 3 nitrogen and oxygen atoms in total. The van der Waals surface area contributed by atoms with Gasteiger partial charge in [0.1, 0.15) is 0 Å². The van der Waals surface area contributed by atoms with Gasteiger partial charge in [0.25, 0.3) is 0 Å². The van der Waals surface area contributed by atoms with Gasteiger partial charge in [-0.2, -0.15) is 0 Å². The van der Waals surface area contributed by atoms with Crippen molar-refractivity contribution in [3.05, 3.63) is 22.7 Å². The Bertz CT molecular complexity index is 284. The minimum atomic E-state index is 0.563. The van der Waals surface area contributed by atoms with E-state index in [-0.39, 0.29) is 0 Å². The van der Waals surface area contributed by atoms with Crippen molar-refractivity contribution in [2.75, 3.05) is 13.1 Å². The molecule has 0 aromatic carbocycles. The lowest BCUT2D eigenvalue weighted by atomic mass is 9.96. The monoisotopic (exact) mass is 241 g/mol. The number of rotatable bonds is 1. The molecule has 13 heavy (non-hydrogen) atoms. The molecular formula is C9H12BrN3. The number of halogens is 1. The van der Waals surface area contributed by atoms with E-state index in [1.54, 1.807) is 6.20 Å². The molecule has 1 fully saturated rings. The fraction of sp³-hybridized carbons (Fsp3) is 0.556. The number of nitrogens with one attached hydrogen (secondary N) is 1. The van der Waals surface area contributed by atoms with E-state index < -0.39 is 0 Å². The first kappa shape index (κ1) is 9.09. The molecule has 2 rings (SSSR count). The maximum Gasteiger partial charge on any atom is 0.196 e. The molecule has 0 spiro atoms. The molecule has 1 aliphatic heterocycles. The summed E-state index contributed by atoms with van der Waals surface area (Å²) in [4.78, 5) is 8.38. The number of hydrogen-bond donors (Lipinski definition) is 1. The number of aromatic nitrogens is 2. The van der Waals surface area contributed by atoms with Crippen LogP contribution in [0.5, 0.6) is 0 Å². The summed E-state index contributed by atoms with van der Waals surface area (Å²) >= 11 is 3.29. The molecule has 1 atom stereocenters. The van der Waals surface area contributed by atoms with E-state index in [0.717, 1.165) is 18.8 Å². The van der Waals surface area contributed by atoms with Crippen LogP contribution in [-0.4, -0.2) is 23.1 Å². The Morgan fingerprint density at radius 3 is 3.15 bits per heavy atom. The van der Waals surface area contributed by atoms with Crippen molar-refractivity contribution in [3.8, 4) is 0 Å². The van der Waals surface area contributed by atoms with Crippen molar-refractivity contribution in [2.24, 2.45) is 0 Å². The molecule has 1 unspecified atom stereocenters. The molecule has 1 saturated heterocycles. The number of hydrogen-bond acceptors (Lipinski definition) is 3. The molecule has 2 heterocycles. The highest BCUT2D eigenvalue weighted by molar-refractivity contribution is 9.10. The predicted octanol–water partition coefficient (Wildman–Crippen LogP) is 1.71. The second-order valence-corrected chi connectivity index (χ2v) is 4.00. The standard InChI is InChI=1S/C9H12BrN3/c10-9-12-5-3-8(13-9)7-2-1-4-11-6-7/h3,5,7,11H,1-2,4,6H2. The van der Waals surface area contributed by atoms with Crippen molar-refractivity contribution in [1.29, 1.82) is 0 Å². The third-order valence-electron chi connectivity index (χ3n) is 2.36. The number of nitrogens with zero attached hydrogens (tertiary/aromatic N) is 2. The van der Waals surface area contributed by atoms with E-state index in [0.29, 0.717) is 10.7 Å². The summed E-state index contributed by atoms with van der Waals surface area (Å²) in [5.74, 6) is 0.563. The van der Waals surface area contributed by atoms with Crippen molar-refractivity contribution in [3.63, 3.8) is 0 Å². The highest BCUT2D eigenvalue weighted by atomic mass is 79.9. The van der Waals surface area contributed by atoms with Gasteiger partial charge in [-0.1, -0.05) is 0 Å². The molecule has 4 heteroatoms. The summed E-state index contributed by atoms with van der Waals surface area (Å²) in [7, 11) is 0. The van der Waals surface area contributed by atoms with E-state index in [1.165, 1.54) is 12.8 Å². The highest BCUT2D eigenvalue weighted by Gasteiger charge is 2.16. The van der Waals surface area contributed by atoms with Crippen molar-refractivity contribution in [1.82, 2.24) is 15.3 Å². The van der Waals surface area contributed by atoms with Crippen LogP contribution < -0.4 is 5.32 Å². The van der Waals surface area contributed by atoms with Crippen LogP contribution in [0.15, 0.2) is 17.0 Å². The molecule has 0 bridgehead atoms. The SMILES string of the molecule is Brc1nccc(C2CCCNC2)n1. The normalized spacial score (nSPS) is 23.0. The Hall–Kier alpha value is -0.480. The third-order valence-corrected chi connectivity index (χ3v) is 2.74. The number of piperidine rings is 1. The second kappa shape index (κ2) is 4.15. The van der Waals surface area contributed by atoms with Gasteiger partial charge in [0.2, 0.25) is 0 Å². The molecule has 70 valence electrons. The van der Waals surface area contributed by atoms with Gasteiger partial charge < -0.3 is 5.32 Å². The van der Waals surface area contributed by atoms with Crippen LogP contribution >= 0.6 is 15.9 Å². The van der Waals surface area contributed by atoms with Crippen LogP contribution in [-0.2, 0) is 0 Å². The second-order valence-electron chi connectivity index (χ2n) is 3.29. The first-order valence-electron chi connectivity index (χ1n) is 4.55. The first-order chi connectivity index (χ1) is 6.36. The van der Waals surface area contributed by atoms with Crippen LogP contribution in [0.3, 0.4) is 0 Å². The maximum atomic E-state index is 4.36. The first-order valence-corrected chi connectivity index (χ1v) is 5.35. The quantitative estimate of drug-likeness (QED) is 0.762. The van der Waals surface area contributed by atoms with Crippen LogP contribution in [0.2, 0.25) is 0 Å². The molecule has 1 aliphatic rings. The molecular weight excluding hydrogens is 230 g/mol. The Morgan fingerprint density at radius 2 is 2.46 bits per heavy atom. The summed E-state index contributed by atoms with van der Waals surface area (Å²) in [5, 5.41) is 3.38. The van der Waals surface area contributed by atoms with Crippen molar-refractivity contribution in [2.45, 2.75) is 18.8 Å². The molecule has 0 aliphatic carbocycles. The fourth-order valence-corrected chi connectivity index (χ4v) is 2.00. The van der Waals surface area contributed by atoms with E-state index in [4.69, 9.17) is 0 Å². The van der Waals surface area contributed by atoms with Gasteiger partial charge in [-0.05, 0) is 41.4 Å². The third kappa shape index (κ3) is 2.25. The van der Waals surface area contributed by atoms with Crippen molar-refractivity contribution >= 4 is 15.9 Å². The van der Waals surface area contributed by atoms with Gasteiger partial charge in [-0.3, -0.25) is 0 Å². The minimum absolute atomic E-state index is 0.563. The van der Waals surface area contributed by atoms with E-state index in [2.05, 4.69) is 31.2 Å². The largest absolute Gasteiger partial charge is 0.316 e. The van der Waals surface area contributed by atoms with E-state index in [1.807, 2.05) is 6.07 Å². The summed E-state index contributed by atoms with van der Waals surface area (Å²) in [6, 6.07) is 2.00. The van der Waals surface area contributed by atoms with Crippen LogP contribution in [0.25, 0.3) is 0 Å². The summed E-state index contributed by atoms with van der Waals surface area (Å²) in [6.07, 6.45) is 4.28. The van der Waals surface area contributed by atoms with Gasteiger partial charge in [0, 0.05) is 24.4 Å². The fourth-order valence-electron chi connectivity index (χ4n) is 1.68. The minimum Gasteiger partial charge on any atom is -0.316 e. The molecule has 1 N–H and O–H groups in total. The Balaban J connectivity index is 2.14.